The molecule has 0 amide bonds. The van der Waals surface area contributed by atoms with Gasteiger partial charge in [0, 0.05) is 18.7 Å². The summed E-state index contributed by atoms with van der Waals surface area (Å²) in [7, 11) is 0. The molecular formula is C12H14F4N2O. The van der Waals surface area contributed by atoms with Crippen LogP contribution in [0.4, 0.5) is 17.6 Å². The van der Waals surface area contributed by atoms with Crippen molar-refractivity contribution in [3.05, 3.63) is 23.9 Å². The molecule has 0 bridgehead atoms. The monoisotopic (exact) mass is 278 g/mol. The van der Waals surface area contributed by atoms with Gasteiger partial charge in [-0.1, -0.05) is 6.07 Å². The summed E-state index contributed by atoms with van der Waals surface area (Å²) in [4.78, 5) is 3.97. The summed E-state index contributed by atoms with van der Waals surface area (Å²) in [6.45, 7) is -0.871. The molecule has 0 unspecified atom stereocenters. The first kappa shape index (κ1) is 14.0. The van der Waals surface area contributed by atoms with Crippen LogP contribution >= 0.6 is 0 Å². The summed E-state index contributed by atoms with van der Waals surface area (Å²) in [6.07, 6.45) is -1.50. The number of halogens is 4. The first-order valence-electron chi connectivity index (χ1n) is 5.95. The van der Waals surface area contributed by atoms with Crippen molar-refractivity contribution in [3.8, 4) is 5.88 Å². The van der Waals surface area contributed by atoms with Gasteiger partial charge in [-0.2, -0.15) is 8.78 Å². The van der Waals surface area contributed by atoms with Gasteiger partial charge >= 0.3 is 12.3 Å². The van der Waals surface area contributed by atoms with E-state index in [0.717, 1.165) is 12.8 Å². The lowest BCUT2D eigenvalue weighted by molar-refractivity contribution is -0.148. The number of alkyl halides is 4. The highest BCUT2D eigenvalue weighted by atomic mass is 19.3. The molecule has 0 aliphatic heterocycles. The highest BCUT2D eigenvalue weighted by Gasteiger charge is 2.41. The molecule has 0 radical (unpaired) electrons. The fourth-order valence-electron chi connectivity index (χ4n) is 1.41. The normalized spacial score (nSPS) is 15.8. The number of hydrogen-bond acceptors (Lipinski definition) is 3. The van der Waals surface area contributed by atoms with Gasteiger partial charge in [-0.3, -0.25) is 0 Å². The molecule has 1 aliphatic rings. The first-order valence-corrected chi connectivity index (χ1v) is 5.95. The zero-order valence-electron chi connectivity index (χ0n) is 10.1. The third-order valence-corrected chi connectivity index (χ3v) is 2.66. The minimum atomic E-state index is -4.16. The minimum Gasteiger partial charge on any atom is -0.471 e. The second kappa shape index (κ2) is 5.73. The Bertz CT molecular complexity index is 424. The molecule has 1 aliphatic carbocycles. The van der Waals surface area contributed by atoms with Gasteiger partial charge in [0.1, 0.15) is 0 Å². The number of nitrogens with one attached hydrogen (secondary N) is 1. The van der Waals surface area contributed by atoms with Crippen molar-refractivity contribution >= 4 is 0 Å². The van der Waals surface area contributed by atoms with Gasteiger partial charge in [0.2, 0.25) is 5.88 Å². The molecule has 0 atom stereocenters. The predicted octanol–water partition coefficient (Wildman–Crippen LogP) is 2.61. The van der Waals surface area contributed by atoms with Crippen molar-refractivity contribution in [2.75, 3.05) is 6.61 Å². The molecule has 19 heavy (non-hydrogen) atoms. The molecule has 1 aromatic heterocycles. The lowest BCUT2D eigenvalue weighted by Gasteiger charge is -2.15. The van der Waals surface area contributed by atoms with Crippen molar-refractivity contribution in [2.45, 2.75) is 37.8 Å². The third-order valence-electron chi connectivity index (χ3n) is 2.66. The number of aromatic nitrogens is 1. The van der Waals surface area contributed by atoms with Crippen LogP contribution in [-0.4, -0.2) is 30.0 Å². The zero-order valence-corrected chi connectivity index (χ0v) is 10.1. The SMILES string of the molecule is FC(F)C(F)(F)COc1cccc(CNC2CC2)n1. The van der Waals surface area contributed by atoms with E-state index in [4.69, 9.17) is 0 Å². The Kier molecular flexibility index (Phi) is 4.24. The number of rotatable bonds is 7. The second-order valence-corrected chi connectivity index (χ2v) is 4.47. The zero-order chi connectivity index (χ0) is 13.9. The Morgan fingerprint density at radius 1 is 1.37 bits per heavy atom. The lowest BCUT2D eigenvalue weighted by atomic mass is 10.3. The third kappa shape index (κ3) is 4.34. The van der Waals surface area contributed by atoms with Gasteiger partial charge in [0.25, 0.3) is 0 Å². The Morgan fingerprint density at radius 3 is 2.74 bits per heavy atom. The average Bonchev–Trinajstić information content (AvgIpc) is 3.18. The van der Waals surface area contributed by atoms with Crippen molar-refractivity contribution in [2.24, 2.45) is 0 Å². The maximum absolute atomic E-state index is 12.7. The van der Waals surface area contributed by atoms with E-state index in [1.165, 1.54) is 6.07 Å². The molecule has 0 aromatic carbocycles. The molecule has 1 N–H and O–H groups in total. The molecule has 3 nitrogen and oxygen atoms in total. The van der Waals surface area contributed by atoms with E-state index in [2.05, 4.69) is 15.0 Å². The van der Waals surface area contributed by atoms with E-state index in [9.17, 15) is 17.6 Å². The highest BCUT2D eigenvalue weighted by molar-refractivity contribution is 5.16. The molecule has 0 spiro atoms. The number of nitrogens with zero attached hydrogens (tertiary/aromatic N) is 1. The van der Waals surface area contributed by atoms with E-state index in [1.807, 2.05) is 0 Å². The van der Waals surface area contributed by atoms with Crippen LogP contribution in [0.5, 0.6) is 5.88 Å². The van der Waals surface area contributed by atoms with Crippen LogP contribution in [0.25, 0.3) is 0 Å². The topological polar surface area (TPSA) is 34.1 Å². The number of pyridine rings is 1. The predicted molar refractivity (Wildman–Crippen MR) is 60.5 cm³/mol. The maximum atomic E-state index is 12.7. The summed E-state index contributed by atoms with van der Waals surface area (Å²) in [6, 6.07) is 5.16. The Morgan fingerprint density at radius 2 is 2.11 bits per heavy atom. The van der Waals surface area contributed by atoms with E-state index in [0.29, 0.717) is 18.3 Å². The van der Waals surface area contributed by atoms with Crippen LogP contribution in [0, 0.1) is 0 Å². The second-order valence-electron chi connectivity index (χ2n) is 4.47. The van der Waals surface area contributed by atoms with E-state index < -0.39 is 19.0 Å². The Hall–Kier alpha value is -1.37. The molecule has 1 aromatic rings. The summed E-state index contributed by atoms with van der Waals surface area (Å²) in [5.74, 6) is -4.24. The summed E-state index contributed by atoms with van der Waals surface area (Å²) in [5, 5.41) is 3.20. The molecule has 0 saturated heterocycles. The van der Waals surface area contributed by atoms with Crippen LogP contribution in [-0.2, 0) is 6.54 Å². The van der Waals surface area contributed by atoms with Crippen LogP contribution in [0.2, 0.25) is 0 Å². The lowest BCUT2D eigenvalue weighted by Crippen LogP contribution is -2.34. The standard InChI is InChI=1S/C12H14F4N2O/c13-11(14)12(15,16)7-19-10-3-1-2-9(18-10)6-17-8-4-5-8/h1-3,8,11,17H,4-7H2. The molecule has 1 heterocycles. The summed E-state index contributed by atoms with van der Waals surface area (Å²) >= 11 is 0. The molecule has 1 saturated carbocycles. The average molecular weight is 278 g/mol. The summed E-state index contributed by atoms with van der Waals surface area (Å²) in [5.41, 5.74) is 0.629. The fraction of sp³-hybridized carbons (Fsp3) is 0.583. The van der Waals surface area contributed by atoms with Crippen molar-refractivity contribution in [1.82, 2.24) is 10.3 Å². The quantitative estimate of drug-likeness (QED) is 0.778. The van der Waals surface area contributed by atoms with Crippen LogP contribution in [0.15, 0.2) is 18.2 Å². The number of ether oxygens (including phenoxy) is 1. The van der Waals surface area contributed by atoms with E-state index >= 15 is 0 Å². The fourth-order valence-corrected chi connectivity index (χ4v) is 1.41. The number of hydrogen-bond donors (Lipinski definition) is 1. The Balaban J connectivity index is 1.87. The van der Waals surface area contributed by atoms with E-state index in [-0.39, 0.29) is 5.88 Å². The molecule has 1 fully saturated rings. The van der Waals surface area contributed by atoms with E-state index in [1.54, 1.807) is 12.1 Å². The smallest absolute Gasteiger partial charge is 0.340 e. The van der Waals surface area contributed by atoms with Gasteiger partial charge < -0.3 is 10.1 Å². The van der Waals surface area contributed by atoms with Crippen molar-refractivity contribution in [1.29, 1.82) is 0 Å². The van der Waals surface area contributed by atoms with Gasteiger partial charge in [0.15, 0.2) is 6.61 Å². The highest BCUT2D eigenvalue weighted by Crippen LogP contribution is 2.24. The van der Waals surface area contributed by atoms with Gasteiger partial charge in [-0.15, -0.1) is 0 Å². The van der Waals surface area contributed by atoms with Gasteiger partial charge in [-0.25, -0.2) is 13.8 Å². The summed E-state index contributed by atoms with van der Waals surface area (Å²) < 4.78 is 53.9. The Labute approximate surface area is 108 Å². The van der Waals surface area contributed by atoms with Gasteiger partial charge in [0.05, 0.1) is 5.69 Å². The molecule has 2 rings (SSSR count). The first-order chi connectivity index (χ1) is 8.97. The molecular weight excluding hydrogens is 264 g/mol. The van der Waals surface area contributed by atoms with Crippen molar-refractivity contribution < 1.29 is 22.3 Å². The van der Waals surface area contributed by atoms with Gasteiger partial charge in [-0.05, 0) is 18.9 Å². The van der Waals surface area contributed by atoms with Crippen LogP contribution in [0.3, 0.4) is 0 Å². The van der Waals surface area contributed by atoms with Crippen LogP contribution < -0.4 is 10.1 Å². The maximum Gasteiger partial charge on any atom is 0.340 e. The largest absolute Gasteiger partial charge is 0.471 e. The molecule has 106 valence electrons. The van der Waals surface area contributed by atoms with Crippen LogP contribution in [0.1, 0.15) is 18.5 Å². The minimum absolute atomic E-state index is 0.0737. The van der Waals surface area contributed by atoms with Crippen molar-refractivity contribution in [3.63, 3.8) is 0 Å². The molecule has 7 heteroatoms.